The number of rotatable bonds is 3. The summed E-state index contributed by atoms with van der Waals surface area (Å²) < 4.78 is 28.7. The minimum atomic E-state index is -3.03. The predicted molar refractivity (Wildman–Crippen MR) is 53.4 cm³/mol. The van der Waals surface area contributed by atoms with E-state index in [-0.39, 0.29) is 5.69 Å². The maximum Gasteiger partial charge on any atom is 0.292 e. The summed E-state index contributed by atoms with van der Waals surface area (Å²) in [5.41, 5.74) is 0.202. The maximum atomic E-state index is 13.6. The van der Waals surface area contributed by atoms with Crippen molar-refractivity contribution in [2.45, 2.75) is 19.3 Å². The Balaban J connectivity index is 2.58. The molecule has 0 amide bonds. The minimum Gasteiger partial charge on any atom is -0.396 e. The third-order valence-corrected chi connectivity index (χ3v) is 2.97. The first kappa shape index (κ1) is 10.5. The second kappa shape index (κ2) is 3.53. The van der Waals surface area contributed by atoms with Crippen molar-refractivity contribution in [2.75, 3.05) is 6.61 Å². The highest BCUT2D eigenvalue weighted by molar-refractivity contribution is 7.15. The number of imidazole rings is 1. The van der Waals surface area contributed by atoms with Gasteiger partial charge in [0.1, 0.15) is 5.69 Å². The van der Waals surface area contributed by atoms with Crippen molar-refractivity contribution in [3.63, 3.8) is 0 Å². The molecule has 3 nitrogen and oxygen atoms in total. The molecule has 0 spiro atoms. The van der Waals surface area contributed by atoms with Gasteiger partial charge in [-0.3, -0.25) is 4.40 Å². The van der Waals surface area contributed by atoms with E-state index >= 15 is 0 Å². The average molecular weight is 232 g/mol. The van der Waals surface area contributed by atoms with E-state index in [2.05, 4.69) is 4.98 Å². The normalized spacial score (nSPS) is 12.5. The Hall–Kier alpha value is -1.01. The van der Waals surface area contributed by atoms with Crippen molar-refractivity contribution in [2.24, 2.45) is 0 Å². The van der Waals surface area contributed by atoms with Crippen LogP contribution in [0, 0.1) is 6.92 Å². The molecule has 82 valence electrons. The lowest BCUT2D eigenvalue weighted by atomic mass is 10.1. The summed E-state index contributed by atoms with van der Waals surface area (Å²) in [5, 5.41) is 10.3. The zero-order valence-corrected chi connectivity index (χ0v) is 8.89. The summed E-state index contributed by atoms with van der Waals surface area (Å²) in [6.07, 6.45) is 0.998. The zero-order valence-electron chi connectivity index (χ0n) is 8.07. The molecule has 0 unspecified atom stereocenters. The number of halogens is 2. The fourth-order valence-corrected chi connectivity index (χ4v) is 2.35. The number of aliphatic hydroxyl groups excluding tert-OH is 1. The average Bonchev–Trinajstić information content (AvgIpc) is 2.61. The van der Waals surface area contributed by atoms with Crippen molar-refractivity contribution in [3.05, 3.63) is 23.0 Å². The van der Waals surface area contributed by atoms with Crippen LogP contribution in [0.2, 0.25) is 0 Å². The number of fused-ring (bicyclic) bond motifs is 1. The van der Waals surface area contributed by atoms with Crippen LogP contribution < -0.4 is 0 Å². The Morgan fingerprint density at radius 3 is 3.00 bits per heavy atom. The molecule has 0 aromatic carbocycles. The molecule has 2 aromatic rings. The lowest BCUT2D eigenvalue weighted by Crippen LogP contribution is -2.18. The fourth-order valence-electron chi connectivity index (χ4n) is 1.59. The molecule has 0 bridgehead atoms. The standard InChI is InChI=1S/C9H10F2N2OS/c1-6-7(9(10,11)2-4-14)13-3-5-15-8(13)12-6/h3,5,14H,2,4H2,1H3. The Kier molecular flexibility index (Phi) is 2.47. The zero-order chi connectivity index (χ0) is 11.1. The number of nitrogens with zero attached hydrogens (tertiary/aromatic N) is 2. The van der Waals surface area contributed by atoms with Gasteiger partial charge in [-0.25, -0.2) is 4.98 Å². The van der Waals surface area contributed by atoms with Crippen molar-refractivity contribution < 1.29 is 13.9 Å². The highest BCUT2D eigenvalue weighted by atomic mass is 32.1. The lowest BCUT2D eigenvalue weighted by molar-refractivity contribution is -0.0322. The molecule has 6 heteroatoms. The van der Waals surface area contributed by atoms with Gasteiger partial charge in [0.15, 0.2) is 4.96 Å². The number of hydrogen-bond donors (Lipinski definition) is 1. The van der Waals surface area contributed by atoms with E-state index in [0.717, 1.165) is 0 Å². The second-order valence-electron chi connectivity index (χ2n) is 3.28. The van der Waals surface area contributed by atoms with E-state index in [0.29, 0.717) is 10.7 Å². The molecule has 0 aliphatic heterocycles. The van der Waals surface area contributed by atoms with Crippen LogP contribution in [0.15, 0.2) is 11.6 Å². The molecule has 2 rings (SSSR count). The minimum absolute atomic E-state index is 0.118. The number of aryl methyl sites for hydroxylation is 1. The maximum absolute atomic E-state index is 13.6. The summed E-state index contributed by atoms with van der Waals surface area (Å²) in [4.78, 5) is 4.60. The van der Waals surface area contributed by atoms with Crippen LogP contribution in [0.1, 0.15) is 17.8 Å². The molecule has 0 atom stereocenters. The summed E-state index contributed by atoms with van der Waals surface area (Å²) in [5.74, 6) is -3.03. The van der Waals surface area contributed by atoms with Gasteiger partial charge in [-0.1, -0.05) is 0 Å². The van der Waals surface area contributed by atoms with Gasteiger partial charge in [-0.2, -0.15) is 8.78 Å². The summed E-state index contributed by atoms with van der Waals surface area (Å²) in [6, 6.07) is 0. The van der Waals surface area contributed by atoms with Gasteiger partial charge in [0, 0.05) is 24.6 Å². The van der Waals surface area contributed by atoms with Gasteiger partial charge in [0.2, 0.25) is 0 Å². The molecular weight excluding hydrogens is 222 g/mol. The van der Waals surface area contributed by atoms with Gasteiger partial charge < -0.3 is 5.11 Å². The molecular formula is C9H10F2N2OS. The van der Waals surface area contributed by atoms with Gasteiger partial charge in [0.25, 0.3) is 5.92 Å². The molecule has 1 N–H and O–H groups in total. The van der Waals surface area contributed by atoms with E-state index in [1.165, 1.54) is 15.7 Å². The Morgan fingerprint density at radius 2 is 2.33 bits per heavy atom. The Bertz CT molecular complexity index is 477. The van der Waals surface area contributed by atoms with Crippen LogP contribution in [0.3, 0.4) is 0 Å². The third kappa shape index (κ3) is 1.63. The van der Waals surface area contributed by atoms with E-state index in [1.807, 2.05) is 0 Å². The fraction of sp³-hybridized carbons (Fsp3) is 0.444. The molecule has 0 saturated carbocycles. The number of thiazole rings is 1. The van der Waals surface area contributed by atoms with Gasteiger partial charge >= 0.3 is 0 Å². The van der Waals surface area contributed by atoms with Gasteiger partial charge in [0.05, 0.1) is 5.69 Å². The topological polar surface area (TPSA) is 37.5 Å². The summed E-state index contributed by atoms with van der Waals surface area (Å²) in [7, 11) is 0. The van der Waals surface area contributed by atoms with Crippen LogP contribution in [0.5, 0.6) is 0 Å². The molecule has 0 radical (unpaired) electrons. The quantitative estimate of drug-likeness (QED) is 0.880. The van der Waals surface area contributed by atoms with Crippen molar-refractivity contribution in [1.29, 1.82) is 0 Å². The van der Waals surface area contributed by atoms with E-state index in [4.69, 9.17) is 5.11 Å². The first-order valence-electron chi connectivity index (χ1n) is 4.47. The second-order valence-corrected chi connectivity index (χ2v) is 4.15. The SMILES string of the molecule is Cc1nc2sccn2c1C(F)(F)CCO. The van der Waals surface area contributed by atoms with Gasteiger partial charge in [-0.15, -0.1) is 11.3 Å². The van der Waals surface area contributed by atoms with E-state index in [1.54, 1.807) is 18.5 Å². The van der Waals surface area contributed by atoms with Crippen LogP contribution in [0.4, 0.5) is 8.78 Å². The van der Waals surface area contributed by atoms with Crippen LogP contribution in [0.25, 0.3) is 4.96 Å². The van der Waals surface area contributed by atoms with E-state index < -0.39 is 19.0 Å². The lowest BCUT2D eigenvalue weighted by Gasteiger charge is -2.14. The molecule has 2 aromatic heterocycles. The Morgan fingerprint density at radius 1 is 1.60 bits per heavy atom. The molecule has 0 saturated heterocycles. The first-order valence-corrected chi connectivity index (χ1v) is 5.35. The number of hydrogen-bond acceptors (Lipinski definition) is 3. The summed E-state index contributed by atoms with van der Waals surface area (Å²) >= 11 is 1.31. The largest absolute Gasteiger partial charge is 0.396 e. The molecule has 15 heavy (non-hydrogen) atoms. The number of aliphatic hydroxyl groups is 1. The van der Waals surface area contributed by atoms with Crippen molar-refractivity contribution in [1.82, 2.24) is 9.38 Å². The highest BCUT2D eigenvalue weighted by Crippen LogP contribution is 2.34. The molecule has 0 aliphatic carbocycles. The van der Waals surface area contributed by atoms with Crippen LogP contribution >= 0.6 is 11.3 Å². The number of alkyl halides is 2. The van der Waals surface area contributed by atoms with Crippen molar-refractivity contribution >= 4 is 16.3 Å². The van der Waals surface area contributed by atoms with Crippen LogP contribution in [-0.2, 0) is 5.92 Å². The monoisotopic (exact) mass is 232 g/mol. The predicted octanol–water partition coefficient (Wildman–Crippen LogP) is 2.18. The van der Waals surface area contributed by atoms with Crippen LogP contribution in [-0.4, -0.2) is 21.1 Å². The summed E-state index contributed by atoms with van der Waals surface area (Å²) in [6.45, 7) is 1.02. The third-order valence-electron chi connectivity index (χ3n) is 2.21. The molecule has 0 fully saturated rings. The number of aromatic nitrogens is 2. The Labute approximate surface area is 89.0 Å². The molecule has 2 heterocycles. The van der Waals surface area contributed by atoms with E-state index in [9.17, 15) is 8.78 Å². The smallest absolute Gasteiger partial charge is 0.292 e. The highest BCUT2D eigenvalue weighted by Gasteiger charge is 2.36. The van der Waals surface area contributed by atoms with Crippen molar-refractivity contribution in [3.8, 4) is 0 Å². The van der Waals surface area contributed by atoms with Gasteiger partial charge in [-0.05, 0) is 6.92 Å². The molecule has 0 aliphatic rings. The first-order chi connectivity index (χ1) is 7.06.